The second kappa shape index (κ2) is 2.76. The zero-order valence-corrected chi connectivity index (χ0v) is 11.1. The Labute approximate surface area is 108 Å². The molecule has 4 rings (SSSR count). The van der Waals surface area contributed by atoms with Crippen LogP contribution in [0.25, 0.3) is 0 Å². The lowest BCUT2D eigenvalue weighted by molar-refractivity contribution is 0.171. The Morgan fingerprint density at radius 3 is 2.11 bits per heavy atom. The Hall–Kier alpha value is -1.44. The molecule has 2 heteroatoms. The molecule has 1 aliphatic heterocycles. The predicted octanol–water partition coefficient (Wildman–Crippen LogP) is 3.95. The number of azo groups is 1. The van der Waals surface area contributed by atoms with Crippen LogP contribution in [0.3, 0.4) is 0 Å². The highest BCUT2D eigenvalue weighted by Crippen LogP contribution is 2.73. The molecule has 2 aliphatic carbocycles. The average Bonchev–Trinajstić information content (AvgIpc) is 2.55. The van der Waals surface area contributed by atoms with Crippen molar-refractivity contribution in [3.63, 3.8) is 0 Å². The van der Waals surface area contributed by atoms with Crippen molar-refractivity contribution in [2.75, 3.05) is 0 Å². The lowest BCUT2D eigenvalue weighted by Gasteiger charge is -2.40. The van der Waals surface area contributed by atoms with E-state index >= 15 is 0 Å². The molecule has 0 radical (unpaired) electrons. The van der Waals surface area contributed by atoms with Gasteiger partial charge in [-0.1, -0.05) is 56.3 Å². The van der Waals surface area contributed by atoms with Gasteiger partial charge in [-0.25, -0.2) is 0 Å². The van der Waals surface area contributed by atoms with Gasteiger partial charge in [-0.2, -0.15) is 10.2 Å². The quantitative estimate of drug-likeness (QED) is 0.662. The number of hydrogen-bond donors (Lipinski definition) is 0. The first-order chi connectivity index (χ1) is 8.54. The van der Waals surface area contributed by atoms with Crippen LogP contribution in [0, 0.1) is 17.3 Å². The van der Waals surface area contributed by atoms with Crippen LogP contribution < -0.4 is 0 Å². The third-order valence-corrected chi connectivity index (χ3v) is 5.89. The molecule has 1 aromatic carbocycles. The second-order valence-electron chi connectivity index (χ2n) is 6.54. The highest BCUT2D eigenvalue weighted by Gasteiger charge is 2.76. The van der Waals surface area contributed by atoms with E-state index in [1.807, 2.05) is 0 Å². The summed E-state index contributed by atoms with van der Waals surface area (Å²) in [6, 6.07) is 10.7. The van der Waals surface area contributed by atoms with Crippen LogP contribution in [0.4, 0.5) is 0 Å². The van der Waals surface area contributed by atoms with E-state index in [0.717, 1.165) is 0 Å². The van der Waals surface area contributed by atoms with Gasteiger partial charge in [-0.05, 0) is 12.5 Å². The standard InChI is InChI=1S/C16H18N2/c1-14(2)15(3)12-9-10-13(12)16(14,18-17-15)11-7-5-4-6-8-11/h4-10,12-13H,1-3H3. The minimum atomic E-state index is -0.150. The number of rotatable bonds is 1. The molecular weight excluding hydrogens is 220 g/mol. The van der Waals surface area contributed by atoms with E-state index in [2.05, 4.69) is 63.3 Å². The Balaban J connectivity index is 2.00. The normalized spacial score (nSPS) is 45.9. The number of fused-ring (bicyclic) bond motifs is 5. The van der Waals surface area contributed by atoms with Gasteiger partial charge in [-0.15, -0.1) is 0 Å². The van der Waals surface area contributed by atoms with Crippen LogP contribution in [0.1, 0.15) is 26.3 Å². The van der Waals surface area contributed by atoms with Gasteiger partial charge in [0.05, 0.1) is 5.54 Å². The molecule has 4 atom stereocenters. The van der Waals surface area contributed by atoms with E-state index in [0.29, 0.717) is 11.8 Å². The largest absolute Gasteiger partial charge is 0.185 e. The van der Waals surface area contributed by atoms with Gasteiger partial charge < -0.3 is 0 Å². The summed E-state index contributed by atoms with van der Waals surface area (Å²) in [7, 11) is 0. The lowest BCUT2D eigenvalue weighted by atomic mass is 9.64. The fraction of sp³-hybridized carbons (Fsp3) is 0.500. The predicted molar refractivity (Wildman–Crippen MR) is 71.3 cm³/mol. The van der Waals surface area contributed by atoms with Crippen LogP contribution in [0.5, 0.6) is 0 Å². The summed E-state index contributed by atoms with van der Waals surface area (Å²) >= 11 is 0. The molecule has 0 aromatic heterocycles. The Morgan fingerprint density at radius 2 is 1.56 bits per heavy atom. The van der Waals surface area contributed by atoms with Crippen molar-refractivity contribution in [1.29, 1.82) is 0 Å². The van der Waals surface area contributed by atoms with Crippen molar-refractivity contribution >= 4 is 0 Å². The molecule has 0 N–H and O–H groups in total. The summed E-state index contributed by atoms with van der Waals surface area (Å²) in [5.74, 6) is 1.09. The molecule has 0 amide bonds. The van der Waals surface area contributed by atoms with Crippen LogP contribution in [-0.2, 0) is 5.54 Å². The maximum atomic E-state index is 4.79. The number of benzene rings is 1. The van der Waals surface area contributed by atoms with E-state index in [1.54, 1.807) is 0 Å². The molecule has 92 valence electrons. The summed E-state index contributed by atoms with van der Waals surface area (Å²) in [5.41, 5.74) is 1.20. The van der Waals surface area contributed by atoms with E-state index in [1.165, 1.54) is 5.56 Å². The fourth-order valence-electron chi connectivity index (χ4n) is 4.36. The third-order valence-electron chi connectivity index (χ3n) is 5.89. The summed E-state index contributed by atoms with van der Waals surface area (Å²) < 4.78 is 0. The number of nitrogens with zero attached hydrogens (tertiary/aromatic N) is 2. The molecule has 1 heterocycles. The van der Waals surface area contributed by atoms with Gasteiger partial charge >= 0.3 is 0 Å². The first-order valence-electron chi connectivity index (χ1n) is 6.72. The van der Waals surface area contributed by atoms with Crippen molar-refractivity contribution in [3.8, 4) is 0 Å². The molecule has 0 saturated heterocycles. The average molecular weight is 238 g/mol. The zero-order chi connectivity index (χ0) is 12.6. The van der Waals surface area contributed by atoms with Crippen molar-refractivity contribution < 1.29 is 0 Å². The van der Waals surface area contributed by atoms with E-state index in [4.69, 9.17) is 10.2 Å². The Morgan fingerprint density at radius 1 is 0.889 bits per heavy atom. The van der Waals surface area contributed by atoms with Gasteiger partial charge in [0.25, 0.3) is 0 Å². The zero-order valence-electron chi connectivity index (χ0n) is 11.1. The molecule has 3 aliphatic rings. The SMILES string of the molecule is CC12N=NC(c3ccccc3)(C3C=CC31)C2(C)C. The summed E-state index contributed by atoms with van der Waals surface area (Å²) in [5, 5.41) is 9.48. The molecular formula is C16H18N2. The molecule has 4 unspecified atom stereocenters. The van der Waals surface area contributed by atoms with Crippen LogP contribution in [-0.4, -0.2) is 5.54 Å². The van der Waals surface area contributed by atoms with Gasteiger partial charge in [0.1, 0.15) is 5.54 Å². The minimum absolute atomic E-state index is 0.0394. The Kier molecular flexibility index (Phi) is 1.61. The van der Waals surface area contributed by atoms with E-state index in [-0.39, 0.29) is 16.5 Å². The molecule has 18 heavy (non-hydrogen) atoms. The van der Waals surface area contributed by atoms with E-state index < -0.39 is 0 Å². The van der Waals surface area contributed by atoms with Crippen LogP contribution in [0.2, 0.25) is 0 Å². The summed E-state index contributed by atoms with van der Waals surface area (Å²) in [4.78, 5) is 0. The maximum absolute atomic E-state index is 4.79. The number of hydrogen-bond acceptors (Lipinski definition) is 2. The summed E-state index contributed by atoms with van der Waals surface area (Å²) in [6.07, 6.45) is 4.66. The third kappa shape index (κ3) is 0.781. The monoisotopic (exact) mass is 238 g/mol. The van der Waals surface area contributed by atoms with E-state index in [9.17, 15) is 0 Å². The van der Waals surface area contributed by atoms with Gasteiger partial charge in [0.2, 0.25) is 0 Å². The molecule has 1 aromatic rings. The topological polar surface area (TPSA) is 24.7 Å². The fourth-order valence-corrected chi connectivity index (χ4v) is 4.36. The lowest BCUT2D eigenvalue weighted by Crippen LogP contribution is -2.43. The van der Waals surface area contributed by atoms with Crippen molar-refractivity contribution in [2.45, 2.75) is 31.8 Å². The minimum Gasteiger partial charge on any atom is -0.185 e. The van der Waals surface area contributed by atoms with Crippen LogP contribution in [0.15, 0.2) is 52.7 Å². The Bertz CT molecular complexity index is 572. The first kappa shape index (κ1) is 10.5. The maximum Gasteiger partial charge on any atom is 0.121 e. The van der Waals surface area contributed by atoms with Gasteiger partial charge in [-0.3, -0.25) is 0 Å². The van der Waals surface area contributed by atoms with Crippen molar-refractivity contribution in [2.24, 2.45) is 27.5 Å². The summed E-state index contributed by atoms with van der Waals surface area (Å²) in [6.45, 7) is 6.94. The molecule has 1 fully saturated rings. The molecule has 0 spiro atoms. The molecule has 1 saturated carbocycles. The first-order valence-corrected chi connectivity index (χ1v) is 6.72. The van der Waals surface area contributed by atoms with Crippen molar-refractivity contribution in [3.05, 3.63) is 48.0 Å². The van der Waals surface area contributed by atoms with Crippen LogP contribution >= 0.6 is 0 Å². The molecule has 2 bridgehead atoms. The molecule has 2 nitrogen and oxygen atoms in total. The van der Waals surface area contributed by atoms with Gasteiger partial charge in [0, 0.05) is 17.3 Å². The smallest absolute Gasteiger partial charge is 0.121 e. The van der Waals surface area contributed by atoms with Gasteiger partial charge in [0.15, 0.2) is 0 Å². The second-order valence-corrected chi connectivity index (χ2v) is 6.54. The highest BCUT2D eigenvalue weighted by molar-refractivity contribution is 5.45. The van der Waals surface area contributed by atoms with Crippen molar-refractivity contribution in [1.82, 2.24) is 0 Å². The highest BCUT2D eigenvalue weighted by atomic mass is 15.3.